The van der Waals surface area contributed by atoms with Gasteiger partial charge in [-0.25, -0.2) is 4.98 Å². The lowest BCUT2D eigenvalue weighted by Crippen LogP contribution is -2.29. The van der Waals surface area contributed by atoms with E-state index in [1.165, 1.54) is 28.0 Å². The van der Waals surface area contributed by atoms with Crippen molar-refractivity contribution < 1.29 is 19.1 Å². The third-order valence-electron chi connectivity index (χ3n) is 5.18. The van der Waals surface area contributed by atoms with Gasteiger partial charge in [0.1, 0.15) is 4.32 Å². The fraction of sp³-hybridized carbons (Fsp3) is 0.200. The molecule has 180 valence electrons. The third kappa shape index (κ3) is 6.08. The average molecular weight is 526 g/mol. The number of amides is 2. The molecular formula is C25H23N3O4S3. The van der Waals surface area contributed by atoms with Gasteiger partial charge in [0.05, 0.1) is 24.8 Å². The van der Waals surface area contributed by atoms with Crippen LogP contribution in [-0.2, 0) is 9.59 Å². The monoisotopic (exact) mass is 525 g/mol. The van der Waals surface area contributed by atoms with Crippen LogP contribution in [0.4, 0.5) is 5.13 Å². The summed E-state index contributed by atoms with van der Waals surface area (Å²) in [6.45, 7) is 0.370. The number of methoxy groups -OCH3 is 2. The summed E-state index contributed by atoms with van der Waals surface area (Å²) in [6.07, 6.45) is 2.52. The Morgan fingerprint density at radius 1 is 1.14 bits per heavy atom. The summed E-state index contributed by atoms with van der Waals surface area (Å²) >= 11 is 8.04. The lowest BCUT2D eigenvalue weighted by molar-refractivity contribution is -0.122. The highest BCUT2D eigenvalue weighted by atomic mass is 32.2. The first-order valence-corrected chi connectivity index (χ1v) is 12.9. The largest absolute Gasteiger partial charge is 0.493 e. The predicted octanol–water partition coefficient (Wildman–Crippen LogP) is 5.45. The molecule has 1 aliphatic heterocycles. The Hall–Kier alpha value is -3.21. The number of ether oxygens (including phenoxy) is 2. The van der Waals surface area contributed by atoms with Gasteiger partial charge in [-0.2, -0.15) is 0 Å². The first kappa shape index (κ1) is 24.9. The van der Waals surface area contributed by atoms with Gasteiger partial charge in [0.25, 0.3) is 5.91 Å². The number of carbonyl (C=O) groups is 2. The van der Waals surface area contributed by atoms with Crippen LogP contribution in [0.5, 0.6) is 11.5 Å². The minimum absolute atomic E-state index is 0.148. The van der Waals surface area contributed by atoms with E-state index in [1.54, 1.807) is 32.4 Å². The van der Waals surface area contributed by atoms with Gasteiger partial charge in [0.15, 0.2) is 16.6 Å². The van der Waals surface area contributed by atoms with Crippen molar-refractivity contribution in [1.82, 2.24) is 9.88 Å². The van der Waals surface area contributed by atoms with Crippen LogP contribution in [0, 0.1) is 0 Å². The van der Waals surface area contributed by atoms with Crippen molar-refractivity contribution in [3.05, 3.63) is 64.4 Å². The van der Waals surface area contributed by atoms with Crippen LogP contribution in [0.2, 0.25) is 0 Å². The lowest BCUT2D eigenvalue weighted by atomic mass is 10.2. The number of hydrogen-bond acceptors (Lipinski definition) is 8. The van der Waals surface area contributed by atoms with E-state index in [0.29, 0.717) is 38.8 Å². The maximum absolute atomic E-state index is 12.9. The van der Waals surface area contributed by atoms with Gasteiger partial charge in [0, 0.05) is 23.9 Å². The van der Waals surface area contributed by atoms with Gasteiger partial charge >= 0.3 is 0 Å². The standard InChI is InChI=1S/C25H23N3O4S3/c1-31-19-11-10-16(13-20(19)32-2)14-21-23(30)28(25(33)35-21)12-6-9-22(29)27-24-26-18(15-34-24)17-7-4-3-5-8-17/h3-5,7-8,10-11,13-15H,6,9,12H2,1-2H3,(H,26,27,29)/b21-14-. The Morgan fingerprint density at radius 3 is 2.66 bits per heavy atom. The molecule has 3 aromatic rings. The molecule has 1 saturated heterocycles. The van der Waals surface area contributed by atoms with Crippen LogP contribution in [0.3, 0.4) is 0 Å². The minimum Gasteiger partial charge on any atom is -0.493 e. The lowest BCUT2D eigenvalue weighted by Gasteiger charge is -2.13. The molecule has 2 amide bonds. The van der Waals surface area contributed by atoms with E-state index in [-0.39, 0.29) is 18.2 Å². The highest BCUT2D eigenvalue weighted by Crippen LogP contribution is 2.35. The van der Waals surface area contributed by atoms with Gasteiger partial charge in [-0.05, 0) is 30.2 Å². The Morgan fingerprint density at radius 2 is 1.91 bits per heavy atom. The highest BCUT2D eigenvalue weighted by molar-refractivity contribution is 8.26. The number of thioether (sulfide) groups is 1. The molecule has 35 heavy (non-hydrogen) atoms. The molecule has 0 atom stereocenters. The van der Waals surface area contributed by atoms with Crippen molar-refractivity contribution in [1.29, 1.82) is 0 Å². The fourth-order valence-electron chi connectivity index (χ4n) is 3.44. The van der Waals surface area contributed by atoms with Gasteiger partial charge in [-0.3, -0.25) is 14.5 Å². The van der Waals surface area contributed by atoms with Crippen molar-refractivity contribution >= 4 is 62.7 Å². The van der Waals surface area contributed by atoms with E-state index in [2.05, 4.69) is 10.3 Å². The molecule has 0 bridgehead atoms. The first-order chi connectivity index (χ1) is 17.0. The molecule has 2 heterocycles. The fourth-order valence-corrected chi connectivity index (χ4v) is 5.48. The molecule has 0 aliphatic carbocycles. The molecule has 0 unspecified atom stereocenters. The maximum Gasteiger partial charge on any atom is 0.266 e. The summed E-state index contributed by atoms with van der Waals surface area (Å²) in [4.78, 5) is 31.8. The number of rotatable bonds is 9. The van der Waals surface area contributed by atoms with Crippen molar-refractivity contribution in [2.24, 2.45) is 0 Å². The van der Waals surface area contributed by atoms with E-state index in [0.717, 1.165) is 16.8 Å². The summed E-state index contributed by atoms with van der Waals surface area (Å²) in [6, 6.07) is 15.2. The number of aromatic nitrogens is 1. The molecule has 0 radical (unpaired) electrons. The van der Waals surface area contributed by atoms with Gasteiger partial charge in [-0.15, -0.1) is 11.3 Å². The number of nitrogens with zero attached hydrogens (tertiary/aromatic N) is 2. The summed E-state index contributed by atoms with van der Waals surface area (Å²) in [5.74, 6) is 0.885. The van der Waals surface area contributed by atoms with Crippen LogP contribution in [0.1, 0.15) is 18.4 Å². The van der Waals surface area contributed by atoms with E-state index in [9.17, 15) is 9.59 Å². The van der Waals surface area contributed by atoms with Crippen LogP contribution in [-0.4, -0.2) is 46.8 Å². The predicted molar refractivity (Wildman–Crippen MR) is 145 cm³/mol. The van der Waals surface area contributed by atoms with Crippen molar-refractivity contribution in [2.75, 3.05) is 26.1 Å². The molecule has 2 aromatic carbocycles. The smallest absolute Gasteiger partial charge is 0.266 e. The Bertz CT molecular complexity index is 1270. The van der Waals surface area contributed by atoms with E-state index < -0.39 is 0 Å². The Kier molecular flexibility index (Phi) is 8.17. The van der Waals surface area contributed by atoms with Gasteiger partial charge in [0.2, 0.25) is 5.91 Å². The zero-order valence-corrected chi connectivity index (χ0v) is 21.6. The molecule has 1 aromatic heterocycles. The first-order valence-electron chi connectivity index (χ1n) is 10.8. The number of hydrogen-bond donors (Lipinski definition) is 1. The summed E-state index contributed by atoms with van der Waals surface area (Å²) < 4.78 is 11.1. The maximum atomic E-state index is 12.9. The summed E-state index contributed by atoms with van der Waals surface area (Å²) in [5.41, 5.74) is 2.63. The zero-order valence-electron chi connectivity index (χ0n) is 19.1. The van der Waals surface area contributed by atoms with E-state index >= 15 is 0 Å². The number of anilines is 1. The second-order valence-electron chi connectivity index (χ2n) is 7.50. The summed E-state index contributed by atoms with van der Waals surface area (Å²) in [5, 5.41) is 5.30. The Labute approximate surface area is 217 Å². The van der Waals surface area contributed by atoms with E-state index in [1.807, 2.05) is 41.8 Å². The highest BCUT2D eigenvalue weighted by Gasteiger charge is 2.31. The SMILES string of the molecule is COc1ccc(/C=C2\SC(=S)N(CCCC(=O)Nc3nc(-c4ccccc4)cs3)C2=O)cc1OC. The van der Waals surface area contributed by atoms with Crippen molar-refractivity contribution in [3.8, 4) is 22.8 Å². The van der Waals surface area contributed by atoms with Crippen LogP contribution < -0.4 is 14.8 Å². The molecular weight excluding hydrogens is 502 g/mol. The molecule has 7 nitrogen and oxygen atoms in total. The van der Waals surface area contributed by atoms with Gasteiger partial charge < -0.3 is 14.8 Å². The second kappa shape index (κ2) is 11.5. The number of nitrogens with one attached hydrogen (secondary N) is 1. The van der Waals surface area contributed by atoms with Gasteiger partial charge in [-0.1, -0.05) is 60.4 Å². The normalized spacial score (nSPS) is 14.5. The van der Waals surface area contributed by atoms with E-state index in [4.69, 9.17) is 21.7 Å². The van der Waals surface area contributed by atoms with Crippen LogP contribution in [0.15, 0.2) is 58.8 Å². The third-order valence-corrected chi connectivity index (χ3v) is 7.32. The number of thiocarbonyl (C=S) groups is 1. The molecule has 0 saturated carbocycles. The number of thiazole rings is 1. The molecule has 1 aliphatic rings. The van der Waals surface area contributed by atoms with Crippen LogP contribution >= 0.6 is 35.3 Å². The van der Waals surface area contributed by atoms with Crippen LogP contribution in [0.25, 0.3) is 17.3 Å². The number of benzene rings is 2. The second-order valence-corrected chi connectivity index (χ2v) is 10.0. The zero-order chi connectivity index (χ0) is 24.8. The molecule has 0 spiro atoms. The quantitative estimate of drug-likeness (QED) is 0.294. The topological polar surface area (TPSA) is 80.8 Å². The van der Waals surface area contributed by atoms with Crippen molar-refractivity contribution in [3.63, 3.8) is 0 Å². The average Bonchev–Trinajstić information content (AvgIpc) is 3.44. The minimum atomic E-state index is -0.164. The molecule has 1 fully saturated rings. The Balaban J connectivity index is 1.30. The van der Waals surface area contributed by atoms with Crippen molar-refractivity contribution in [2.45, 2.75) is 12.8 Å². The summed E-state index contributed by atoms with van der Waals surface area (Å²) in [7, 11) is 3.13. The number of carbonyl (C=O) groups excluding carboxylic acids is 2. The molecule has 1 N–H and O–H groups in total. The molecule has 4 rings (SSSR count). The molecule has 10 heteroatoms.